The first kappa shape index (κ1) is 20.6. The van der Waals surface area contributed by atoms with Gasteiger partial charge >= 0.3 is 5.97 Å². The minimum atomic E-state index is -0.597. The molecule has 0 bridgehead atoms. The molecule has 0 spiro atoms. The molecule has 1 aromatic heterocycles. The average molecular weight is 420 g/mol. The van der Waals surface area contributed by atoms with Gasteiger partial charge in [0.15, 0.2) is 6.61 Å². The number of ether oxygens (including phenoxy) is 1. The fourth-order valence-electron chi connectivity index (χ4n) is 3.74. The van der Waals surface area contributed by atoms with Crippen LogP contribution >= 0.6 is 0 Å². The number of aromatic amines is 1. The van der Waals surface area contributed by atoms with Gasteiger partial charge in [0.2, 0.25) is 0 Å². The minimum absolute atomic E-state index is 0.144. The summed E-state index contributed by atoms with van der Waals surface area (Å²) in [4.78, 5) is 38.5. The Morgan fingerprint density at radius 2 is 1.71 bits per heavy atom. The smallest absolute Gasteiger partial charge is 0.312 e. The number of esters is 1. The van der Waals surface area contributed by atoms with Crippen molar-refractivity contribution in [3.05, 3.63) is 64.6 Å². The normalized spacial score (nSPS) is 13.7. The second kappa shape index (κ2) is 9.42. The summed E-state index contributed by atoms with van der Waals surface area (Å²) in [6.45, 7) is 1.72. The Balaban J connectivity index is 1.29. The Bertz CT molecular complexity index is 1130. The van der Waals surface area contributed by atoms with E-state index in [1.54, 1.807) is 24.3 Å². The van der Waals surface area contributed by atoms with Gasteiger partial charge in [-0.25, -0.2) is 5.10 Å². The molecule has 1 aliphatic heterocycles. The van der Waals surface area contributed by atoms with Crippen LogP contribution in [-0.4, -0.2) is 41.8 Å². The number of amides is 1. The molecule has 0 saturated carbocycles. The third kappa shape index (κ3) is 5.09. The molecule has 2 N–H and O–H groups in total. The van der Waals surface area contributed by atoms with Crippen molar-refractivity contribution >= 4 is 34.0 Å². The zero-order chi connectivity index (χ0) is 21.6. The highest BCUT2D eigenvalue weighted by molar-refractivity contribution is 5.93. The first-order chi connectivity index (χ1) is 15.1. The second-order valence-corrected chi connectivity index (χ2v) is 7.53. The number of nitrogens with one attached hydrogen (secondary N) is 2. The molecule has 0 radical (unpaired) electrons. The third-order valence-electron chi connectivity index (χ3n) is 5.32. The summed E-state index contributed by atoms with van der Waals surface area (Å²) < 4.78 is 5.09. The van der Waals surface area contributed by atoms with Gasteiger partial charge in [-0.1, -0.05) is 18.2 Å². The Morgan fingerprint density at radius 3 is 2.45 bits per heavy atom. The van der Waals surface area contributed by atoms with Crippen LogP contribution in [0.4, 0.5) is 11.4 Å². The standard InChI is InChI=1S/C23H24N4O4/c28-21(24-16-8-10-17(11-9-16)27-12-4-1-5-13-27)15-31-22(29)14-20-18-6-2-3-7-19(18)23(30)26-25-20/h2-3,6-11H,1,4-5,12-15H2,(H,24,28)(H,26,30). The summed E-state index contributed by atoms with van der Waals surface area (Å²) in [6.07, 6.45) is 3.54. The molecule has 8 nitrogen and oxygen atoms in total. The number of nitrogens with zero attached hydrogens (tertiary/aromatic N) is 2. The highest BCUT2D eigenvalue weighted by atomic mass is 16.5. The number of benzene rings is 2. The van der Waals surface area contributed by atoms with Gasteiger partial charge in [-0.2, -0.15) is 5.10 Å². The van der Waals surface area contributed by atoms with Crippen molar-refractivity contribution in [1.82, 2.24) is 10.2 Å². The molecule has 1 saturated heterocycles. The molecule has 3 aromatic rings. The largest absolute Gasteiger partial charge is 0.455 e. The maximum absolute atomic E-state index is 12.2. The van der Waals surface area contributed by atoms with Crippen LogP contribution in [0.1, 0.15) is 25.0 Å². The molecule has 0 unspecified atom stereocenters. The van der Waals surface area contributed by atoms with Gasteiger partial charge in [0.1, 0.15) is 0 Å². The quantitative estimate of drug-likeness (QED) is 0.594. The lowest BCUT2D eigenvalue weighted by atomic mass is 10.1. The summed E-state index contributed by atoms with van der Waals surface area (Å²) in [6, 6.07) is 14.6. The van der Waals surface area contributed by atoms with Crippen LogP contribution in [0.5, 0.6) is 0 Å². The molecule has 0 aliphatic carbocycles. The zero-order valence-electron chi connectivity index (χ0n) is 17.1. The Hall–Kier alpha value is -3.68. The van der Waals surface area contributed by atoms with Crippen LogP contribution in [0.15, 0.2) is 53.3 Å². The molecule has 31 heavy (non-hydrogen) atoms. The average Bonchev–Trinajstić information content (AvgIpc) is 2.81. The number of carbonyl (C=O) groups is 2. The Kier molecular flexibility index (Phi) is 6.26. The van der Waals surface area contributed by atoms with Crippen LogP contribution in [0.2, 0.25) is 0 Å². The summed E-state index contributed by atoms with van der Waals surface area (Å²) in [5, 5.41) is 10.1. The minimum Gasteiger partial charge on any atom is -0.455 e. The lowest BCUT2D eigenvalue weighted by Crippen LogP contribution is -2.29. The molecular formula is C23H24N4O4. The van der Waals surface area contributed by atoms with Crippen molar-refractivity contribution in [3.8, 4) is 0 Å². The van der Waals surface area contributed by atoms with Gasteiger partial charge in [0.25, 0.3) is 11.5 Å². The van der Waals surface area contributed by atoms with Gasteiger partial charge in [-0.15, -0.1) is 0 Å². The SMILES string of the molecule is O=C(COC(=O)Cc1n[nH]c(=O)c2ccccc12)Nc1ccc(N2CCCCC2)cc1. The number of carbonyl (C=O) groups excluding carboxylic acids is 2. The maximum atomic E-state index is 12.2. The first-order valence-electron chi connectivity index (χ1n) is 10.4. The van der Waals surface area contributed by atoms with Crippen molar-refractivity contribution < 1.29 is 14.3 Å². The van der Waals surface area contributed by atoms with Gasteiger partial charge in [0, 0.05) is 29.9 Å². The van der Waals surface area contributed by atoms with Gasteiger partial charge in [0.05, 0.1) is 17.5 Å². The first-order valence-corrected chi connectivity index (χ1v) is 10.4. The lowest BCUT2D eigenvalue weighted by molar-refractivity contribution is -0.146. The Labute approximate surface area is 179 Å². The summed E-state index contributed by atoms with van der Waals surface area (Å²) in [7, 11) is 0. The molecule has 8 heteroatoms. The molecule has 2 aromatic carbocycles. The molecule has 0 atom stereocenters. The number of hydrogen-bond donors (Lipinski definition) is 2. The Morgan fingerprint density at radius 1 is 1.00 bits per heavy atom. The molecule has 2 heterocycles. The summed E-state index contributed by atoms with van der Waals surface area (Å²) >= 11 is 0. The molecule has 160 valence electrons. The number of fused-ring (bicyclic) bond motifs is 1. The van der Waals surface area contributed by atoms with Crippen LogP contribution in [0.3, 0.4) is 0 Å². The highest BCUT2D eigenvalue weighted by Crippen LogP contribution is 2.21. The van der Waals surface area contributed by atoms with Gasteiger partial charge in [-0.05, 0) is 49.6 Å². The molecule has 1 amide bonds. The van der Waals surface area contributed by atoms with E-state index in [0.717, 1.165) is 18.8 Å². The third-order valence-corrected chi connectivity index (χ3v) is 5.32. The molecular weight excluding hydrogens is 396 g/mol. The number of anilines is 2. The van der Waals surface area contributed by atoms with Gasteiger partial charge in [-0.3, -0.25) is 14.4 Å². The van der Waals surface area contributed by atoms with E-state index in [9.17, 15) is 14.4 Å². The molecule has 1 aliphatic rings. The number of aromatic nitrogens is 2. The highest BCUT2D eigenvalue weighted by Gasteiger charge is 2.14. The second-order valence-electron chi connectivity index (χ2n) is 7.53. The molecule has 4 rings (SSSR count). The van der Waals surface area contributed by atoms with E-state index in [4.69, 9.17) is 4.74 Å². The van der Waals surface area contributed by atoms with Crippen LogP contribution in [0.25, 0.3) is 10.8 Å². The van der Waals surface area contributed by atoms with E-state index in [0.29, 0.717) is 22.2 Å². The van der Waals surface area contributed by atoms with E-state index in [2.05, 4.69) is 20.4 Å². The number of piperidine rings is 1. The predicted molar refractivity (Wildman–Crippen MR) is 118 cm³/mol. The fraction of sp³-hybridized carbons (Fsp3) is 0.304. The van der Waals surface area contributed by atoms with E-state index >= 15 is 0 Å². The number of hydrogen-bond acceptors (Lipinski definition) is 6. The van der Waals surface area contributed by atoms with Gasteiger partial charge < -0.3 is 15.0 Å². The predicted octanol–water partition coefficient (Wildman–Crippen LogP) is 2.64. The monoisotopic (exact) mass is 420 g/mol. The van der Waals surface area contributed by atoms with E-state index in [1.807, 2.05) is 24.3 Å². The topological polar surface area (TPSA) is 104 Å². The van der Waals surface area contributed by atoms with E-state index < -0.39 is 18.5 Å². The maximum Gasteiger partial charge on any atom is 0.312 e. The van der Waals surface area contributed by atoms with E-state index in [-0.39, 0.29) is 12.0 Å². The van der Waals surface area contributed by atoms with Crippen molar-refractivity contribution in [2.75, 3.05) is 29.9 Å². The van der Waals surface area contributed by atoms with Crippen LogP contribution in [0, 0.1) is 0 Å². The van der Waals surface area contributed by atoms with Crippen molar-refractivity contribution in [3.63, 3.8) is 0 Å². The number of rotatable bonds is 6. The van der Waals surface area contributed by atoms with E-state index in [1.165, 1.54) is 19.3 Å². The zero-order valence-corrected chi connectivity index (χ0v) is 17.1. The van der Waals surface area contributed by atoms with Crippen molar-refractivity contribution in [2.45, 2.75) is 25.7 Å². The fourth-order valence-corrected chi connectivity index (χ4v) is 3.74. The van der Waals surface area contributed by atoms with Crippen molar-refractivity contribution in [1.29, 1.82) is 0 Å². The lowest BCUT2D eigenvalue weighted by Gasteiger charge is -2.28. The molecule has 1 fully saturated rings. The number of H-pyrrole nitrogens is 1. The van der Waals surface area contributed by atoms with Crippen LogP contribution in [-0.2, 0) is 20.7 Å². The summed E-state index contributed by atoms with van der Waals surface area (Å²) in [5.74, 6) is -1.02. The van der Waals surface area contributed by atoms with Crippen molar-refractivity contribution in [2.24, 2.45) is 0 Å². The summed E-state index contributed by atoms with van der Waals surface area (Å²) in [5.41, 5.74) is 1.87. The van der Waals surface area contributed by atoms with Crippen LogP contribution < -0.4 is 15.8 Å².